The van der Waals surface area contributed by atoms with Crippen molar-refractivity contribution < 1.29 is 4.79 Å². The molecule has 3 heterocycles. The average Bonchev–Trinajstić information content (AvgIpc) is 3.15. The third-order valence-corrected chi connectivity index (χ3v) is 5.46. The molecule has 28 heavy (non-hydrogen) atoms. The number of rotatable bonds is 5. The maximum absolute atomic E-state index is 13.1. The molecule has 1 atom stereocenters. The molecule has 0 bridgehead atoms. The fraction of sp³-hybridized carbons (Fsp3) is 0.0909. The molecule has 4 rings (SSSR count). The van der Waals surface area contributed by atoms with Gasteiger partial charge in [0.05, 0.1) is 23.1 Å². The summed E-state index contributed by atoms with van der Waals surface area (Å²) in [6.45, 7) is 1.84. The fourth-order valence-electron chi connectivity index (χ4n) is 2.92. The molecule has 3 aromatic heterocycles. The van der Waals surface area contributed by atoms with Gasteiger partial charge in [-0.25, -0.2) is 4.98 Å². The van der Waals surface area contributed by atoms with E-state index in [-0.39, 0.29) is 11.9 Å². The zero-order valence-electron chi connectivity index (χ0n) is 15.2. The highest BCUT2D eigenvalue weighted by molar-refractivity contribution is 7.17. The number of benzene rings is 1. The van der Waals surface area contributed by atoms with E-state index in [1.165, 1.54) is 11.3 Å². The zero-order valence-corrected chi connectivity index (χ0v) is 16.1. The summed E-state index contributed by atoms with van der Waals surface area (Å²) < 4.78 is 0. The van der Waals surface area contributed by atoms with Crippen LogP contribution in [0.5, 0.6) is 0 Å². The highest BCUT2D eigenvalue weighted by atomic mass is 32.1. The Morgan fingerprint density at radius 2 is 1.64 bits per heavy atom. The molecule has 1 aromatic carbocycles. The first kappa shape index (κ1) is 18.0. The lowest BCUT2D eigenvalue weighted by molar-refractivity contribution is 0.0945. The molecule has 1 N–H and O–H groups in total. The van der Waals surface area contributed by atoms with Crippen molar-refractivity contribution in [2.45, 2.75) is 13.0 Å². The number of thiazole rings is 1. The number of nitrogens with one attached hydrogen (secondary N) is 1. The van der Waals surface area contributed by atoms with Gasteiger partial charge in [0.25, 0.3) is 5.91 Å². The van der Waals surface area contributed by atoms with Gasteiger partial charge in [-0.1, -0.05) is 42.5 Å². The lowest BCUT2D eigenvalue weighted by Crippen LogP contribution is -2.29. The van der Waals surface area contributed by atoms with Gasteiger partial charge >= 0.3 is 0 Å². The van der Waals surface area contributed by atoms with Crippen LogP contribution in [0.3, 0.4) is 0 Å². The Hall–Kier alpha value is -3.38. The summed E-state index contributed by atoms with van der Waals surface area (Å²) in [4.78, 5) is 27.0. The Balaban J connectivity index is 1.65. The van der Waals surface area contributed by atoms with Gasteiger partial charge in [0.2, 0.25) is 0 Å². The van der Waals surface area contributed by atoms with Crippen LogP contribution < -0.4 is 5.32 Å². The van der Waals surface area contributed by atoms with E-state index in [0.717, 1.165) is 22.0 Å². The van der Waals surface area contributed by atoms with Crippen molar-refractivity contribution in [1.29, 1.82) is 0 Å². The largest absolute Gasteiger partial charge is 0.339 e. The lowest BCUT2D eigenvalue weighted by atomic mass is 10.0. The van der Waals surface area contributed by atoms with Crippen molar-refractivity contribution in [3.05, 3.63) is 101 Å². The van der Waals surface area contributed by atoms with E-state index in [1.807, 2.05) is 73.7 Å². The van der Waals surface area contributed by atoms with E-state index in [2.05, 4.69) is 20.3 Å². The minimum Gasteiger partial charge on any atom is -0.339 e. The van der Waals surface area contributed by atoms with Crippen LogP contribution in [0.4, 0.5) is 0 Å². The van der Waals surface area contributed by atoms with Crippen LogP contribution in [0.15, 0.2) is 79.1 Å². The Morgan fingerprint density at radius 3 is 2.32 bits per heavy atom. The van der Waals surface area contributed by atoms with E-state index in [4.69, 9.17) is 0 Å². The van der Waals surface area contributed by atoms with Crippen molar-refractivity contribution in [1.82, 2.24) is 20.3 Å². The van der Waals surface area contributed by atoms with Crippen LogP contribution in [0.25, 0.3) is 10.7 Å². The normalized spacial score (nSPS) is 11.8. The van der Waals surface area contributed by atoms with Crippen LogP contribution in [-0.4, -0.2) is 20.9 Å². The topological polar surface area (TPSA) is 67.8 Å². The molecule has 138 valence electrons. The predicted molar refractivity (Wildman–Crippen MR) is 110 cm³/mol. The molecular weight excluding hydrogens is 368 g/mol. The van der Waals surface area contributed by atoms with Crippen LogP contribution in [0.1, 0.15) is 32.7 Å². The number of amides is 1. The molecule has 0 aliphatic carbocycles. The van der Waals surface area contributed by atoms with Crippen LogP contribution >= 0.6 is 11.3 Å². The van der Waals surface area contributed by atoms with Gasteiger partial charge in [-0.3, -0.25) is 14.8 Å². The van der Waals surface area contributed by atoms with Gasteiger partial charge in [-0.05, 0) is 36.8 Å². The first-order valence-corrected chi connectivity index (χ1v) is 9.69. The first-order valence-electron chi connectivity index (χ1n) is 8.88. The summed E-state index contributed by atoms with van der Waals surface area (Å²) in [7, 11) is 0. The third-order valence-electron chi connectivity index (χ3n) is 4.28. The summed E-state index contributed by atoms with van der Waals surface area (Å²) in [6, 6.07) is 20.8. The molecule has 0 radical (unpaired) electrons. The second-order valence-electron chi connectivity index (χ2n) is 6.22. The van der Waals surface area contributed by atoms with Crippen molar-refractivity contribution in [3.63, 3.8) is 0 Å². The van der Waals surface area contributed by atoms with Crippen LogP contribution in [0.2, 0.25) is 0 Å². The maximum Gasteiger partial charge on any atom is 0.264 e. The molecule has 0 fully saturated rings. The van der Waals surface area contributed by atoms with Gasteiger partial charge in [0, 0.05) is 12.4 Å². The van der Waals surface area contributed by atoms with Crippen molar-refractivity contribution >= 4 is 17.2 Å². The fourth-order valence-corrected chi connectivity index (χ4v) is 3.87. The molecule has 0 aliphatic rings. The Morgan fingerprint density at radius 1 is 0.929 bits per heavy atom. The van der Waals surface area contributed by atoms with E-state index < -0.39 is 0 Å². The van der Waals surface area contributed by atoms with Crippen LogP contribution in [0, 0.1) is 6.92 Å². The quantitative estimate of drug-likeness (QED) is 0.551. The molecule has 0 saturated heterocycles. The number of aromatic nitrogens is 3. The number of hydrogen-bond acceptors (Lipinski definition) is 5. The number of carbonyl (C=O) groups is 1. The van der Waals surface area contributed by atoms with Gasteiger partial charge in [0.15, 0.2) is 0 Å². The summed E-state index contributed by atoms with van der Waals surface area (Å²) in [5, 5.41) is 3.85. The van der Waals surface area contributed by atoms with E-state index >= 15 is 0 Å². The minimum atomic E-state index is -0.338. The van der Waals surface area contributed by atoms with Crippen molar-refractivity contribution in [3.8, 4) is 10.7 Å². The van der Waals surface area contributed by atoms with Gasteiger partial charge in [-0.2, -0.15) is 0 Å². The molecule has 0 aliphatic heterocycles. The SMILES string of the molecule is Cc1nc(-c2ccccn2)sc1C(=O)N[C@@H](c1ccccc1)c1ccccn1. The molecule has 0 unspecified atom stereocenters. The minimum absolute atomic E-state index is 0.170. The maximum atomic E-state index is 13.1. The molecule has 6 heteroatoms. The predicted octanol–water partition coefficient (Wildman–Crippen LogP) is 4.43. The van der Waals surface area contributed by atoms with Gasteiger partial charge in [0.1, 0.15) is 9.88 Å². The van der Waals surface area contributed by atoms with E-state index in [0.29, 0.717) is 10.6 Å². The highest BCUT2D eigenvalue weighted by Gasteiger charge is 2.22. The molecule has 4 aromatic rings. The average molecular weight is 386 g/mol. The van der Waals surface area contributed by atoms with Crippen molar-refractivity contribution in [2.75, 3.05) is 0 Å². The number of pyridine rings is 2. The van der Waals surface area contributed by atoms with Gasteiger partial charge in [-0.15, -0.1) is 11.3 Å². The van der Waals surface area contributed by atoms with Crippen LogP contribution in [-0.2, 0) is 0 Å². The Bertz CT molecular complexity index is 1030. The number of hydrogen-bond donors (Lipinski definition) is 1. The molecule has 5 nitrogen and oxygen atoms in total. The third kappa shape index (κ3) is 3.82. The highest BCUT2D eigenvalue weighted by Crippen LogP contribution is 2.28. The van der Waals surface area contributed by atoms with Crippen molar-refractivity contribution in [2.24, 2.45) is 0 Å². The molecular formula is C22H18N4OS. The summed E-state index contributed by atoms with van der Waals surface area (Å²) >= 11 is 1.35. The number of carbonyl (C=O) groups excluding carboxylic acids is 1. The Labute approximate surface area is 167 Å². The van der Waals surface area contributed by atoms with Gasteiger partial charge < -0.3 is 5.32 Å². The zero-order chi connectivity index (χ0) is 19.3. The monoisotopic (exact) mass is 386 g/mol. The van der Waals surface area contributed by atoms with E-state index in [1.54, 1.807) is 12.4 Å². The smallest absolute Gasteiger partial charge is 0.264 e. The Kier molecular flexibility index (Phi) is 5.21. The summed E-state index contributed by atoms with van der Waals surface area (Å²) in [5.74, 6) is -0.170. The summed E-state index contributed by atoms with van der Waals surface area (Å²) in [6.07, 6.45) is 3.45. The summed E-state index contributed by atoms with van der Waals surface area (Å²) in [5.41, 5.74) is 3.21. The lowest BCUT2D eigenvalue weighted by Gasteiger charge is -2.18. The molecule has 0 saturated carbocycles. The molecule has 0 spiro atoms. The number of aryl methyl sites for hydroxylation is 1. The first-order chi connectivity index (χ1) is 13.7. The van der Waals surface area contributed by atoms with E-state index in [9.17, 15) is 4.79 Å². The number of nitrogens with zero attached hydrogens (tertiary/aromatic N) is 3. The standard InChI is InChI=1S/C22H18N4OS/c1-15-20(28-22(25-15)18-12-6-8-14-24-18)21(27)26-19(16-9-3-2-4-10-16)17-11-5-7-13-23-17/h2-14,19H,1H3,(H,26,27)/t19-/m0/s1. The molecule has 1 amide bonds. The second-order valence-corrected chi connectivity index (χ2v) is 7.22. The second kappa shape index (κ2) is 8.10.